The largest absolute Gasteiger partial charge is 0.495 e. The first-order chi connectivity index (χ1) is 15.2. The zero-order valence-corrected chi connectivity index (χ0v) is 19.8. The molecule has 1 fully saturated rings. The molecule has 0 saturated carbocycles. The predicted molar refractivity (Wildman–Crippen MR) is 127 cm³/mol. The Kier molecular flexibility index (Phi) is 7.94. The van der Waals surface area contributed by atoms with Crippen molar-refractivity contribution in [2.24, 2.45) is 0 Å². The number of sulfonamides is 1. The number of carboxylic acids is 1. The molecule has 1 aliphatic heterocycles. The number of methoxy groups -OCH3 is 1. The van der Waals surface area contributed by atoms with Crippen LogP contribution in [0.5, 0.6) is 5.75 Å². The van der Waals surface area contributed by atoms with Crippen LogP contribution in [0, 0.1) is 0 Å². The average molecular weight is 498 g/mol. The fourth-order valence-electron chi connectivity index (χ4n) is 3.46. The van der Waals surface area contributed by atoms with Crippen molar-refractivity contribution in [2.45, 2.75) is 30.2 Å². The van der Waals surface area contributed by atoms with E-state index in [0.717, 1.165) is 12.8 Å². The number of thiocarbonyl (C=S) groups is 1. The molecule has 2 aromatic carbocycles. The Hall–Kier alpha value is -2.40. The summed E-state index contributed by atoms with van der Waals surface area (Å²) in [7, 11) is -2.16. The number of hydrogen-bond donors (Lipinski definition) is 3. The van der Waals surface area contributed by atoms with Gasteiger partial charge >= 0.3 is 5.97 Å². The molecule has 1 aliphatic rings. The fourth-order valence-corrected chi connectivity index (χ4v) is 5.38. The van der Waals surface area contributed by atoms with Crippen LogP contribution < -0.4 is 15.4 Å². The van der Waals surface area contributed by atoms with Crippen LogP contribution in [0.15, 0.2) is 47.4 Å². The summed E-state index contributed by atoms with van der Waals surface area (Å²) in [4.78, 5) is 11.5. The van der Waals surface area contributed by atoms with Gasteiger partial charge in [-0.05, 0) is 61.0 Å². The molecule has 0 spiro atoms. The summed E-state index contributed by atoms with van der Waals surface area (Å²) in [5.41, 5.74) is 1.05. The molecule has 1 atom stereocenters. The highest BCUT2D eigenvalue weighted by molar-refractivity contribution is 7.89. The van der Waals surface area contributed by atoms with Gasteiger partial charge in [0.1, 0.15) is 5.75 Å². The number of rotatable bonds is 8. The number of halogens is 1. The second kappa shape index (κ2) is 10.5. The van der Waals surface area contributed by atoms with Crippen LogP contribution in [-0.2, 0) is 14.8 Å². The van der Waals surface area contributed by atoms with Crippen molar-refractivity contribution >= 4 is 50.6 Å². The van der Waals surface area contributed by atoms with E-state index in [1.165, 1.54) is 23.5 Å². The number of hydrogen-bond acceptors (Lipinski definition) is 5. The van der Waals surface area contributed by atoms with E-state index in [0.29, 0.717) is 35.1 Å². The molecule has 3 N–H and O–H groups in total. The summed E-state index contributed by atoms with van der Waals surface area (Å²) in [6.45, 7) is 0.990. The van der Waals surface area contributed by atoms with E-state index in [-0.39, 0.29) is 16.4 Å². The number of benzene rings is 2. The van der Waals surface area contributed by atoms with E-state index in [1.54, 1.807) is 30.3 Å². The molecule has 0 bridgehead atoms. The Morgan fingerprint density at radius 3 is 2.47 bits per heavy atom. The highest BCUT2D eigenvalue weighted by atomic mass is 35.5. The number of anilines is 1. The number of aliphatic carboxylic acids is 1. The van der Waals surface area contributed by atoms with E-state index < -0.39 is 22.0 Å². The minimum atomic E-state index is -3.62. The molecule has 1 saturated heterocycles. The lowest BCUT2D eigenvalue weighted by Crippen LogP contribution is -2.34. The Morgan fingerprint density at radius 2 is 1.88 bits per heavy atom. The van der Waals surface area contributed by atoms with Crippen molar-refractivity contribution in [2.75, 3.05) is 25.5 Å². The van der Waals surface area contributed by atoms with Gasteiger partial charge in [-0.3, -0.25) is 4.79 Å². The normalized spacial score (nSPS) is 15.2. The smallest absolute Gasteiger partial charge is 0.305 e. The van der Waals surface area contributed by atoms with Gasteiger partial charge in [-0.1, -0.05) is 23.7 Å². The van der Waals surface area contributed by atoms with Crippen molar-refractivity contribution in [1.29, 1.82) is 0 Å². The lowest BCUT2D eigenvalue weighted by molar-refractivity contribution is -0.137. The quantitative estimate of drug-likeness (QED) is 0.474. The minimum Gasteiger partial charge on any atom is -0.495 e. The first-order valence-corrected chi connectivity index (χ1v) is 12.2. The molecule has 172 valence electrons. The Morgan fingerprint density at radius 1 is 1.22 bits per heavy atom. The number of nitrogens with one attached hydrogen (secondary N) is 2. The van der Waals surface area contributed by atoms with Gasteiger partial charge in [-0.2, -0.15) is 4.31 Å². The summed E-state index contributed by atoms with van der Waals surface area (Å²) in [5, 5.41) is 15.9. The summed E-state index contributed by atoms with van der Waals surface area (Å²) in [6, 6.07) is 10.7. The summed E-state index contributed by atoms with van der Waals surface area (Å²) in [6.07, 6.45) is 1.46. The predicted octanol–water partition coefficient (Wildman–Crippen LogP) is 3.64. The Bertz CT molecular complexity index is 1090. The molecule has 2 aromatic rings. The number of carbonyl (C=O) groups is 1. The third kappa shape index (κ3) is 5.89. The van der Waals surface area contributed by atoms with Crippen molar-refractivity contribution in [1.82, 2.24) is 9.62 Å². The maximum Gasteiger partial charge on any atom is 0.305 e. The van der Waals surface area contributed by atoms with Gasteiger partial charge in [-0.15, -0.1) is 0 Å². The molecule has 1 heterocycles. The molecule has 0 amide bonds. The second-order valence-corrected chi connectivity index (χ2v) is 10.1. The van der Waals surface area contributed by atoms with E-state index in [2.05, 4.69) is 10.6 Å². The van der Waals surface area contributed by atoms with Gasteiger partial charge in [-0.25, -0.2) is 8.42 Å². The molecule has 0 aromatic heterocycles. The monoisotopic (exact) mass is 497 g/mol. The minimum absolute atomic E-state index is 0.125. The Balaban J connectivity index is 1.81. The molecule has 3 rings (SSSR count). The second-order valence-electron chi connectivity index (χ2n) is 7.27. The molecule has 32 heavy (non-hydrogen) atoms. The highest BCUT2D eigenvalue weighted by Crippen LogP contribution is 2.30. The molecule has 8 nitrogen and oxygen atoms in total. The topological polar surface area (TPSA) is 108 Å². The van der Waals surface area contributed by atoms with Gasteiger partial charge in [0, 0.05) is 18.1 Å². The van der Waals surface area contributed by atoms with Crippen LogP contribution in [-0.4, -0.2) is 49.1 Å². The zero-order chi connectivity index (χ0) is 23.3. The van der Waals surface area contributed by atoms with E-state index in [9.17, 15) is 18.3 Å². The van der Waals surface area contributed by atoms with Crippen LogP contribution in [0.1, 0.15) is 30.9 Å². The lowest BCUT2D eigenvalue weighted by atomic mass is 10.0. The van der Waals surface area contributed by atoms with E-state index in [1.807, 2.05) is 0 Å². The third-order valence-electron chi connectivity index (χ3n) is 5.08. The first-order valence-electron chi connectivity index (χ1n) is 9.93. The highest BCUT2D eigenvalue weighted by Gasteiger charge is 2.28. The van der Waals surface area contributed by atoms with Gasteiger partial charge in [0.15, 0.2) is 5.11 Å². The number of ether oxygens (including phenoxy) is 1. The van der Waals surface area contributed by atoms with Crippen LogP contribution in [0.4, 0.5) is 5.69 Å². The lowest BCUT2D eigenvalue weighted by Gasteiger charge is -2.21. The summed E-state index contributed by atoms with van der Waals surface area (Å²) in [5.74, 6) is -0.604. The first kappa shape index (κ1) is 24.2. The summed E-state index contributed by atoms with van der Waals surface area (Å²) >= 11 is 11.3. The summed E-state index contributed by atoms with van der Waals surface area (Å²) < 4.78 is 32.6. The van der Waals surface area contributed by atoms with E-state index in [4.69, 9.17) is 28.6 Å². The van der Waals surface area contributed by atoms with Crippen LogP contribution in [0.25, 0.3) is 0 Å². The van der Waals surface area contributed by atoms with Crippen molar-refractivity contribution in [3.05, 3.63) is 53.1 Å². The van der Waals surface area contributed by atoms with Gasteiger partial charge in [0.2, 0.25) is 10.0 Å². The van der Waals surface area contributed by atoms with Gasteiger partial charge in [0.25, 0.3) is 0 Å². The van der Waals surface area contributed by atoms with Gasteiger partial charge in [0.05, 0.1) is 30.2 Å². The van der Waals surface area contributed by atoms with Crippen LogP contribution in [0.2, 0.25) is 5.02 Å². The molecule has 1 unspecified atom stereocenters. The maximum atomic E-state index is 12.9. The maximum absolute atomic E-state index is 12.9. The van der Waals surface area contributed by atoms with Crippen LogP contribution >= 0.6 is 23.8 Å². The van der Waals surface area contributed by atoms with Crippen molar-refractivity contribution in [3.63, 3.8) is 0 Å². The molecular formula is C21H24ClN3O5S2. The zero-order valence-electron chi connectivity index (χ0n) is 17.4. The Labute approximate surface area is 197 Å². The number of carboxylic acid groups (broad SMARTS) is 1. The SMILES string of the molecule is COc1ccc(S(=O)(=O)N2CCCC2)cc1NC(=S)NC(CC(=O)O)c1ccc(Cl)cc1. The molecule has 11 heteroatoms. The van der Waals surface area contributed by atoms with Crippen molar-refractivity contribution < 1.29 is 23.1 Å². The molecular weight excluding hydrogens is 474 g/mol. The average Bonchev–Trinajstić information content (AvgIpc) is 3.29. The van der Waals surface area contributed by atoms with Gasteiger partial charge < -0.3 is 20.5 Å². The van der Waals surface area contributed by atoms with E-state index >= 15 is 0 Å². The van der Waals surface area contributed by atoms with Crippen LogP contribution in [0.3, 0.4) is 0 Å². The third-order valence-corrected chi connectivity index (χ3v) is 7.44. The molecule has 0 aliphatic carbocycles. The molecule has 0 radical (unpaired) electrons. The van der Waals surface area contributed by atoms with Crippen molar-refractivity contribution in [3.8, 4) is 5.75 Å². The standard InChI is InChI=1S/C21H24ClN3O5S2/c1-30-19-9-8-16(32(28,29)25-10-2-3-11-25)12-18(19)24-21(31)23-17(13-20(26)27)14-4-6-15(22)7-5-14/h4-9,12,17H,2-3,10-11,13H2,1H3,(H,26,27)(H2,23,24,31). The number of nitrogens with zero attached hydrogens (tertiary/aromatic N) is 1. The fraction of sp³-hybridized carbons (Fsp3) is 0.333.